The molecule has 1 aromatic heterocycles. The lowest BCUT2D eigenvalue weighted by molar-refractivity contribution is 0.553. The number of hydrogen-bond donors (Lipinski definition) is 1. The fourth-order valence-corrected chi connectivity index (χ4v) is 2.68. The molecule has 0 spiro atoms. The van der Waals surface area contributed by atoms with Crippen LogP contribution < -0.4 is 10.6 Å². The van der Waals surface area contributed by atoms with Gasteiger partial charge in [-0.2, -0.15) is 0 Å². The minimum atomic E-state index is 0.465. The van der Waals surface area contributed by atoms with Crippen molar-refractivity contribution in [3.8, 4) is 0 Å². The van der Waals surface area contributed by atoms with Crippen LogP contribution in [0.15, 0.2) is 24.3 Å². The molecule has 0 radical (unpaired) electrons. The van der Waals surface area contributed by atoms with Crippen molar-refractivity contribution in [2.45, 2.75) is 39.7 Å². The highest BCUT2D eigenvalue weighted by Crippen LogP contribution is 2.23. The van der Waals surface area contributed by atoms with Gasteiger partial charge >= 0.3 is 0 Å². The Morgan fingerprint density at radius 3 is 2.25 bits per heavy atom. The third-order valence-corrected chi connectivity index (χ3v) is 3.75. The maximum Gasteiger partial charge on any atom is 0.151 e. The third-order valence-electron chi connectivity index (χ3n) is 3.75. The van der Waals surface area contributed by atoms with E-state index >= 15 is 0 Å². The van der Waals surface area contributed by atoms with Crippen LogP contribution in [0.5, 0.6) is 0 Å². The smallest absolute Gasteiger partial charge is 0.151 e. The Balaban J connectivity index is 2.49. The van der Waals surface area contributed by atoms with E-state index in [4.69, 9.17) is 10.7 Å². The average Bonchev–Trinajstić information content (AvgIpc) is 2.47. The zero-order chi connectivity index (χ0) is 14.5. The predicted octanol–water partition coefficient (Wildman–Crippen LogP) is 2.89. The molecule has 2 rings (SSSR count). The van der Waals surface area contributed by atoms with Crippen molar-refractivity contribution in [2.24, 2.45) is 5.73 Å². The molecule has 0 amide bonds. The number of nitrogens with zero attached hydrogens (tertiary/aromatic N) is 3. The topological polar surface area (TPSA) is 55.0 Å². The molecular weight excluding hydrogens is 248 g/mol. The molecule has 0 fully saturated rings. The predicted molar refractivity (Wildman–Crippen MR) is 85.0 cm³/mol. The summed E-state index contributed by atoms with van der Waals surface area (Å²) in [6, 6.07) is 8.48. The number of fused-ring (bicyclic) bond motifs is 1. The van der Waals surface area contributed by atoms with Crippen molar-refractivity contribution in [1.82, 2.24) is 9.97 Å². The maximum absolute atomic E-state index is 5.79. The van der Waals surface area contributed by atoms with Gasteiger partial charge in [-0.25, -0.2) is 9.97 Å². The lowest BCUT2D eigenvalue weighted by Crippen LogP contribution is -2.39. The average molecular weight is 272 g/mol. The number of hydrogen-bond acceptors (Lipinski definition) is 4. The molecule has 0 aliphatic heterocycles. The van der Waals surface area contributed by atoms with E-state index < -0.39 is 0 Å². The van der Waals surface area contributed by atoms with Gasteiger partial charge in [0.1, 0.15) is 0 Å². The maximum atomic E-state index is 5.79. The van der Waals surface area contributed by atoms with Crippen LogP contribution in [0.3, 0.4) is 0 Å². The quantitative estimate of drug-likeness (QED) is 0.878. The van der Waals surface area contributed by atoms with Crippen LogP contribution >= 0.6 is 0 Å². The number of aryl methyl sites for hydroxylation is 1. The van der Waals surface area contributed by atoms with Crippen LogP contribution in [0.1, 0.15) is 32.4 Å². The summed E-state index contributed by atoms with van der Waals surface area (Å²) in [4.78, 5) is 11.8. The molecule has 1 heterocycles. The minimum absolute atomic E-state index is 0.465. The lowest BCUT2D eigenvalue weighted by Gasteiger charge is -2.32. The highest BCUT2D eigenvalue weighted by Gasteiger charge is 2.19. The lowest BCUT2D eigenvalue weighted by atomic mass is 10.1. The Labute approximate surface area is 121 Å². The highest BCUT2D eigenvalue weighted by atomic mass is 15.2. The van der Waals surface area contributed by atoms with E-state index in [-0.39, 0.29) is 0 Å². The molecule has 0 saturated heterocycles. The molecule has 0 bridgehead atoms. The number of benzene rings is 1. The van der Waals surface area contributed by atoms with Gasteiger partial charge in [0.25, 0.3) is 0 Å². The summed E-state index contributed by atoms with van der Waals surface area (Å²) in [6.07, 6.45) is 2.18. The molecule has 108 valence electrons. The first-order valence-corrected chi connectivity index (χ1v) is 7.41. The fraction of sp³-hybridized carbons (Fsp3) is 0.500. The number of para-hydroxylation sites is 2. The SMILES string of the molecule is CCC(CC)N(CCN)c1nc2ccccc2nc1C. The van der Waals surface area contributed by atoms with Crippen LogP contribution in [0.4, 0.5) is 5.82 Å². The Morgan fingerprint density at radius 1 is 1.10 bits per heavy atom. The van der Waals surface area contributed by atoms with Crippen LogP contribution in [-0.4, -0.2) is 29.1 Å². The summed E-state index contributed by atoms with van der Waals surface area (Å²) in [6.45, 7) is 7.90. The van der Waals surface area contributed by atoms with Gasteiger partial charge in [-0.1, -0.05) is 26.0 Å². The summed E-state index contributed by atoms with van der Waals surface area (Å²) in [7, 11) is 0. The summed E-state index contributed by atoms with van der Waals surface area (Å²) in [5.74, 6) is 0.975. The molecule has 2 aromatic rings. The van der Waals surface area contributed by atoms with Crippen molar-refractivity contribution >= 4 is 16.9 Å². The van der Waals surface area contributed by atoms with Gasteiger partial charge in [0, 0.05) is 19.1 Å². The fourth-order valence-electron chi connectivity index (χ4n) is 2.68. The van der Waals surface area contributed by atoms with Gasteiger partial charge in [0.05, 0.1) is 16.7 Å². The first-order valence-electron chi connectivity index (χ1n) is 7.41. The number of nitrogens with two attached hydrogens (primary N) is 1. The highest BCUT2D eigenvalue weighted by molar-refractivity contribution is 5.76. The van der Waals surface area contributed by atoms with E-state index in [2.05, 4.69) is 23.7 Å². The summed E-state index contributed by atoms with van der Waals surface area (Å²) < 4.78 is 0. The van der Waals surface area contributed by atoms with Gasteiger partial charge in [0.15, 0.2) is 5.82 Å². The molecule has 0 saturated carbocycles. The van der Waals surface area contributed by atoms with Gasteiger partial charge in [0.2, 0.25) is 0 Å². The molecule has 2 N–H and O–H groups in total. The van der Waals surface area contributed by atoms with Crippen molar-refractivity contribution in [3.63, 3.8) is 0 Å². The van der Waals surface area contributed by atoms with Crippen LogP contribution in [0.25, 0.3) is 11.0 Å². The number of rotatable bonds is 6. The largest absolute Gasteiger partial charge is 0.351 e. The van der Waals surface area contributed by atoms with Crippen molar-refractivity contribution in [3.05, 3.63) is 30.0 Å². The second kappa shape index (κ2) is 6.66. The van der Waals surface area contributed by atoms with Gasteiger partial charge in [-0.15, -0.1) is 0 Å². The van der Waals surface area contributed by atoms with Crippen molar-refractivity contribution < 1.29 is 0 Å². The van der Waals surface area contributed by atoms with Gasteiger partial charge in [-0.05, 0) is 31.9 Å². The molecule has 20 heavy (non-hydrogen) atoms. The normalized spacial score (nSPS) is 11.2. The summed E-state index contributed by atoms with van der Waals surface area (Å²) in [5, 5.41) is 0. The molecule has 4 heteroatoms. The van der Waals surface area contributed by atoms with E-state index in [9.17, 15) is 0 Å². The van der Waals surface area contributed by atoms with E-state index in [0.717, 1.165) is 41.9 Å². The van der Waals surface area contributed by atoms with E-state index in [1.807, 2.05) is 31.2 Å². The van der Waals surface area contributed by atoms with E-state index in [1.54, 1.807) is 0 Å². The standard InChI is InChI=1S/C16H24N4/c1-4-13(5-2)20(11-10-17)16-12(3)18-14-8-6-7-9-15(14)19-16/h6-9,13H,4-5,10-11,17H2,1-3H3. The minimum Gasteiger partial charge on any atom is -0.351 e. The Bertz CT molecular complexity index is 563. The van der Waals surface area contributed by atoms with Crippen LogP contribution in [0.2, 0.25) is 0 Å². The van der Waals surface area contributed by atoms with Crippen LogP contribution in [-0.2, 0) is 0 Å². The first-order chi connectivity index (χ1) is 9.71. The first kappa shape index (κ1) is 14.7. The zero-order valence-corrected chi connectivity index (χ0v) is 12.6. The summed E-state index contributed by atoms with van der Waals surface area (Å²) in [5.41, 5.74) is 8.66. The third kappa shape index (κ3) is 2.90. The second-order valence-electron chi connectivity index (χ2n) is 5.07. The number of aromatic nitrogens is 2. The second-order valence-corrected chi connectivity index (χ2v) is 5.07. The zero-order valence-electron chi connectivity index (χ0n) is 12.6. The Kier molecular flexibility index (Phi) is 4.90. The van der Waals surface area contributed by atoms with Crippen molar-refractivity contribution in [2.75, 3.05) is 18.0 Å². The molecule has 0 aliphatic rings. The van der Waals surface area contributed by atoms with E-state index in [0.29, 0.717) is 12.6 Å². The Hall–Kier alpha value is -1.68. The van der Waals surface area contributed by atoms with Gasteiger partial charge < -0.3 is 10.6 Å². The Morgan fingerprint density at radius 2 is 1.70 bits per heavy atom. The summed E-state index contributed by atoms with van der Waals surface area (Å²) >= 11 is 0. The molecule has 4 nitrogen and oxygen atoms in total. The molecular formula is C16H24N4. The molecule has 0 aliphatic carbocycles. The van der Waals surface area contributed by atoms with Crippen LogP contribution in [0, 0.1) is 6.92 Å². The monoisotopic (exact) mass is 272 g/mol. The van der Waals surface area contributed by atoms with Gasteiger partial charge in [-0.3, -0.25) is 0 Å². The van der Waals surface area contributed by atoms with E-state index in [1.165, 1.54) is 0 Å². The van der Waals surface area contributed by atoms with Crippen molar-refractivity contribution in [1.29, 1.82) is 0 Å². The number of anilines is 1. The molecule has 1 aromatic carbocycles. The molecule has 0 atom stereocenters. The molecule has 0 unspecified atom stereocenters.